The summed E-state index contributed by atoms with van der Waals surface area (Å²) in [5.41, 5.74) is 6.43. The molecule has 86 valence electrons. The van der Waals surface area contributed by atoms with Crippen molar-refractivity contribution in [2.75, 3.05) is 19.6 Å². The molecule has 2 N–H and O–H groups in total. The van der Waals surface area contributed by atoms with Gasteiger partial charge >= 0.3 is 0 Å². The van der Waals surface area contributed by atoms with E-state index >= 15 is 0 Å². The predicted octanol–water partition coefficient (Wildman–Crippen LogP) is 0.829. The smallest absolute Gasteiger partial charge is 0.266 e. The molecule has 1 amide bonds. The Balaban J connectivity index is 2.23. The van der Waals surface area contributed by atoms with Gasteiger partial charge in [0, 0.05) is 25.9 Å². The van der Waals surface area contributed by atoms with E-state index in [4.69, 9.17) is 5.73 Å². The van der Waals surface area contributed by atoms with Crippen molar-refractivity contribution >= 4 is 17.2 Å². The number of amides is 1. The molecule has 0 fully saturated rings. The number of fused-ring (bicyclic) bond motifs is 1. The van der Waals surface area contributed by atoms with E-state index in [-0.39, 0.29) is 5.91 Å². The molecule has 1 aliphatic heterocycles. The molecule has 0 aromatic carbocycles. The fraction of sp³-hybridized carbons (Fsp3) is 0.455. The molecule has 0 aliphatic carbocycles. The Bertz CT molecular complexity index is 413. The van der Waals surface area contributed by atoms with Crippen LogP contribution in [-0.4, -0.2) is 35.4 Å². The largest absolute Gasteiger partial charge is 0.334 e. The molecule has 5 heteroatoms. The highest BCUT2D eigenvalue weighted by Crippen LogP contribution is 2.25. The van der Waals surface area contributed by atoms with E-state index in [1.807, 2.05) is 0 Å². The molecule has 0 atom stereocenters. The molecule has 0 spiro atoms. The first-order valence-corrected chi connectivity index (χ1v) is 6.16. The van der Waals surface area contributed by atoms with Crippen molar-refractivity contribution in [3.63, 3.8) is 0 Å². The SMILES string of the molecule is C=CCN1CCc2nc(CCN)sc2C1=O. The zero-order valence-electron chi connectivity index (χ0n) is 9.11. The first-order valence-electron chi connectivity index (χ1n) is 5.35. The zero-order valence-corrected chi connectivity index (χ0v) is 9.92. The molecule has 2 heterocycles. The predicted molar refractivity (Wildman–Crippen MR) is 64.7 cm³/mol. The third-order valence-electron chi connectivity index (χ3n) is 2.55. The molecule has 0 saturated heterocycles. The number of aromatic nitrogens is 1. The maximum atomic E-state index is 12.0. The van der Waals surface area contributed by atoms with E-state index in [0.717, 1.165) is 35.0 Å². The van der Waals surface area contributed by atoms with Crippen molar-refractivity contribution in [2.24, 2.45) is 5.73 Å². The van der Waals surface area contributed by atoms with Crippen LogP contribution in [0.25, 0.3) is 0 Å². The van der Waals surface area contributed by atoms with Gasteiger partial charge in [-0.1, -0.05) is 6.08 Å². The van der Waals surface area contributed by atoms with Crippen molar-refractivity contribution < 1.29 is 4.79 Å². The van der Waals surface area contributed by atoms with Crippen molar-refractivity contribution in [3.05, 3.63) is 28.2 Å². The standard InChI is InChI=1S/C11H15N3OS/c1-2-6-14-7-4-8-10(11(14)15)16-9(13-8)3-5-12/h2H,1,3-7,12H2. The first-order chi connectivity index (χ1) is 7.76. The molecule has 0 unspecified atom stereocenters. The lowest BCUT2D eigenvalue weighted by Crippen LogP contribution is -2.36. The summed E-state index contributed by atoms with van der Waals surface area (Å²) in [7, 11) is 0. The van der Waals surface area contributed by atoms with Gasteiger partial charge in [-0.05, 0) is 6.54 Å². The lowest BCUT2D eigenvalue weighted by Gasteiger charge is -2.24. The number of carbonyl (C=O) groups excluding carboxylic acids is 1. The highest BCUT2D eigenvalue weighted by atomic mass is 32.1. The molecular weight excluding hydrogens is 222 g/mol. The number of hydrogen-bond donors (Lipinski definition) is 1. The zero-order chi connectivity index (χ0) is 11.5. The van der Waals surface area contributed by atoms with Crippen LogP contribution < -0.4 is 5.73 Å². The van der Waals surface area contributed by atoms with Gasteiger partial charge in [-0.15, -0.1) is 17.9 Å². The number of nitrogens with two attached hydrogens (primary N) is 1. The van der Waals surface area contributed by atoms with Gasteiger partial charge in [-0.3, -0.25) is 4.79 Å². The fourth-order valence-corrected chi connectivity index (χ4v) is 2.88. The molecule has 0 bridgehead atoms. The van der Waals surface area contributed by atoms with Crippen LogP contribution in [0.5, 0.6) is 0 Å². The van der Waals surface area contributed by atoms with E-state index in [0.29, 0.717) is 13.1 Å². The summed E-state index contributed by atoms with van der Waals surface area (Å²) < 4.78 is 0. The molecule has 1 aromatic heterocycles. The molecule has 4 nitrogen and oxygen atoms in total. The second-order valence-corrected chi connectivity index (χ2v) is 4.80. The van der Waals surface area contributed by atoms with Crippen molar-refractivity contribution in [2.45, 2.75) is 12.8 Å². The van der Waals surface area contributed by atoms with E-state index in [1.54, 1.807) is 11.0 Å². The highest BCUT2D eigenvalue weighted by molar-refractivity contribution is 7.13. The Morgan fingerprint density at radius 3 is 3.12 bits per heavy atom. The van der Waals surface area contributed by atoms with Gasteiger partial charge in [-0.25, -0.2) is 4.98 Å². The van der Waals surface area contributed by atoms with Crippen LogP contribution in [-0.2, 0) is 12.8 Å². The molecule has 16 heavy (non-hydrogen) atoms. The van der Waals surface area contributed by atoms with E-state index < -0.39 is 0 Å². The Kier molecular flexibility index (Phi) is 3.36. The first kappa shape index (κ1) is 11.3. The summed E-state index contributed by atoms with van der Waals surface area (Å²) in [5, 5.41) is 0.973. The fourth-order valence-electron chi connectivity index (χ4n) is 1.78. The van der Waals surface area contributed by atoms with Crippen molar-refractivity contribution in [1.29, 1.82) is 0 Å². The van der Waals surface area contributed by atoms with Crippen LogP contribution in [0, 0.1) is 0 Å². The van der Waals surface area contributed by atoms with Gasteiger partial charge in [-0.2, -0.15) is 0 Å². The van der Waals surface area contributed by atoms with Gasteiger partial charge < -0.3 is 10.6 Å². The summed E-state index contributed by atoms with van der Waals surface area (Å²) in [6.07, 6.45) is 3.35. The van der Waals surface area contributed by atoms with Gasteiger partial charge in [0.2, 0.25) is 0 Å². The molecule has 2 rings (SSSR count). The minimum atomic E-state index is 0.0851. The number of rotatable bonds is 4. The summed E-state index contributed by atoms with van der Waals surface area (Å²) in [6.45, 7) is 5.59. The van der Waals surface area contributed by atoms with Crippen molar-refractivity contribution in [1.82, 2.24) is 9.88 Å². The van der Waals surface area contributed by atoms with Gasteiger partial charge in [0.15, 0.2) is 0 Å². The number of hydrogen-bond acceptors (Lipinski definition) is 4. The summed E-state index contributed by atoms with van der Waals surface area (Å²) in [4.78, 5) is 19.1. The van der Waals surface area contributed by atoms with E-state index in [9.17, 15) is 4.79 Å². The maximum absolute atomic E-state index is 12.0. The van der Waals surface area contributed by atoms with Crippen LogP contribution in [0.2, 0.25) is 0 Å². The van der Waals surface area contributed by atoms with Crippen LogP contribution in [0.3, 0.4) is 0 Å². The third kappa shape index (κ3) is 2.01. The molecule has 1 aromatic rings. The van der Waals surface area contributed by atoms with Gasteiger partial charge in [0.25, 0.3) is 5.91 Å². The molecule has 0 saturated carbocycles. The molecule has 1 aliphatic rings. The second kappa shape index (κ2) is 4.76. The summed E-state index contributed by atoms with van der Waals surface area (Å²) in [5.74, 6) is 0.0851. The van der Waals surface area contributed by atoms with Crippen LogP contribution in [0.4, 0.5) is 0 Å². The Labute approximate surface area is 98.8 Å². The average Bonchev–Trinajstić information content (AvgIpc) is 2.67. The number of carbonyl (C=O) groups is 1. The Hall–Kier alpha value is -1.20. The van der Waals surface area contributed by atoms with E-state index in [2.05, 4.69) is 11.6 Å². The van der Waals surface area contributed by atoms with Crippen LogP contribution >= 0.6 is 11.3 Å². The quantitative estimate of drug-likeness (QED) is 0.789. The second-order valence-electron chi connectivity index (χ2n) is 3.71. The van der Waals surface area contributed by atoms with Gasteiger partial charge in [0.05, 0.1) is 10.7 Å². The van der Waals surface area contributed by atoms with Crippen molar-refractivity contribution in [3.8, 4) is 0 Å². The normalized spacial score (nSPS) is 15.1. The van der Waals surface area contributed by atoms with Crippen LogP contribution in [0.1, 0.15) is 20.4 Å². The Morgan fingerprint density at radius 2 is 2.44 bits per heavy atom. The number of nitrogens with zero attached hydrogens (tertiary/aromatic N) is 2. The highest BCUT2D eigenvalue weighted by Gasteiger charge is 2.27. The monoisotopic (exact) mass is 237 g/mol. The maximum Gasteiger partial charge on any atom is 0.266 e. The lowest BCUT2D eigenvalue weighted by molar-refractivity contribution is 0.0763. The summed E-state index contributed by atoms with van der Waals surface area (Å²) >= 11 is 1.48. The molecule has 0 radical (unpaired) electrons. The molecular formula is C11H15N3OS. The minimum absolute atomic E-state index is 0.0851. The van der Waals surface area contributed by atoms with Gasteiger partial charge in [0.1, 0.15) is 4.88 Å². The minimum Gasteiger partial charge on any atom is -0.334 e. The average molecular weight is 237 g/mol. The number of thiazole rings is 1. The lowest BCUT2D eigenvalue weighted by atomic mass is 10.1. The van der Waals surface area contributed by atoms with Crippen LogP contribution in [0.15, 0.2) is 12.7 Å². The summed E-state index contributed by atoms with van der Waals surface area (Å²) in [6, 6.07) is 0. The third-order valence-corrected chi connectivity index (χ3v) is 3.69. The topological polar surface area (TPSA) is 59.2 Å². The van der Waals surface area contributed by atoms with E-state index in [1.165, 1.54) is 11.3 Å². The Morgan fingerprint density at radius 1 is 1.62 bits per heavy atom.